The van der Waals surface area contributed by atoms with E-state index in [1.165, 1.54) is 25.2 Å². The molecule has 0 aliphatic rings. The normalized spacial score (nSPS) is 11.1. The minimum atomic E-state index is -0.338. The average molecular weight is 584 g/mol. The predicted octanol–water partition coefficient (Wildman–Crippen LogP) is 6.17. The van der Waals surface area contributed by atoms with Crippen LogP contribution < -0.4 is 4.90 Å². The third-order valence-electron chi connectivity index (χ3n) is 4.20. The molecule has 0 atom stereocenters. The minimum absolute atomic E-state index is 0.236. The van der Waals surface area contributed by atoms with Crippen LogP contribution in [-0.2, 0) is 19.1 Å². The number of anilines is 1. The van der Waals surface area contributed by atoms with E-state index in [1.54, 1.807) is 0 Å². The number of hydrogen-bond acceptors (Lipinski definition) is 9. The maximum atomic E-state index is 11.0. The van der Waals surface area contributed by atoms with Crippen LogP contribution in [0.15, 0.2) is 55.6 Å². The van der Waals surface area contributed by atoms with E-state index >= 15 is 0 Å². The number of nitrogens with zero attached hydrogens (tertiary/aromatic N) is 4. The Hall–Kier alpha value is -2.37. The van der Waals surface area contributed by atoms with Crippen molar-refractivity contribution in [3.8, 4) is 0 Å². The van der Waals surface area contributed by atoms with Gasteiger partial charge in [0.1, 0.15) is 13.2 Å². The summed E-state index contributed by atoms with van der Waals surface area (Å²) in [6.45, 7) is 4.15. The van der Waals surface area contributed by atoms with Crippen LogP contribution in [0.3, 0.4) is 0 Å². The highest BCUT2D eigenvalue weighted by molar-refractivity contribution is 9.11. The molecule has 0 amide bonds. The molecule has 0 N–H and O–H groups in total. The Morgan fingerprint density at radius 2 is 1.62 bits per heavy atom. The van der Waals surface area contributed by atoms with Crippen LogP contribution >= 0.6 is 43.2 Å². The first-order chi connectivity index (χ1) is 15.3. The maximum Gasteiger partial charge on any atom is 0.302 e. The fourth-order valence-electron chi connectivity index (χ4n) is 2.79. The van der Waals surface area contributed by atoms with Crippen LogP contribution in [0.2, 0.25) is 0 Å². The Labute approximate surface area is 205 Å². The summed E-state index contributed by atoms with van der Waals surface area (Å²) in [5.74, 6) is -0.676. The van der Waals surface area contributed by atoms with E-state index in [-0.39, 0.29) is 25.2 Å². The van der Waals surface area contributed by atoms with Crippen LogP contribution in [-0.4, -0.2) is 43.2 Å². The zero-order valence-corrected chi connectivity index (χ0v) is 21.4. The average Bonchev–Trinajstić information content (AvgIpc) is 3.14. The second-order valence-corrected chi connectivity index (χ2v) is 9.39. The molecule has 3 aromatic rings. The van der Waals surface area contributed by atoms with Gasteiger partial charge >= 0.3 is 11.9 Å². The van der Waals surface area contributed by atoms with E-state index in [0.29, 0.717) is 23.9 Å². The molecular formula is C21H20Br2N4O4S. The van der Waals surface area contributed by atoms with Gasteiger partial charge in [-0.05, 0) is 52.3 Å². The number of esters is 2. The highest BCUT2D eigenvalue weighted by Gasteiger charge is 2.10. The van der Waals surface area contributed by atoms with Crippen molar-refractivity contribution in [1.82, 2.24) is 4.98 Å². The van der Waals surface area contributed by atoms with Gasteiger partial charge in [0, 0.05) is 28.5 Å². The van der Waals surface area contributed by atoms with Crippen molar-refractivity contribution in [2.75, 3.05) is 31.2 Å². The Kier molecular flexibility index (Phi) is 8.71. The van der Waals surface area contributed by atoms with Gasteiger partial charge in [0.2, 0.25) is 5.13 Å². The topological polar surface area (TPSA) is 93.4 Å². The molecule has 0 fully saturated rings. The fraction of sp³-hybridized carbons (Fsp3) is 0.286. The van der Waals surface area contributed by atoms with Crippen molar-refractivity contribution in [1.29, 1.82) is 0 Å². The molecule has 168 valence electrons. The fourth-order valence-corrected chi connectivity index (χ4v) is 5.24. The molecule has 0 saturated carbocycles. The quantitative estimate of drug-likeness (QED) is 0.221. The molecule has 3 rings (SSSR count). The van der Waals surface area contributed by atoms with Crippen LogP contribution in [0, 0.1) is 0 Å². The zero-order chi connectivity index (χ0) is 23.1. The summed E-state index contributed by atoms with van der Waals surface area (Å²) < 4.78 is 12.9. The largest absolute Gasteiger partial charge is 0.464 e. The Morgan fingerprint density at radius 1 is 1.00 bits per heavy atom. The number of carbonyl (C=O) groups excluding carboxylic acids is 2. The first-order valence-corrected chi connectivity index (χ1v) is 12.0. The number of benzene rings is 2. The van der Waals surface area contributed by atoms with Gasteiger partial charge in [0.25, 0.3) is 0 Å². The van der Waals surface area contributed by atoms with E-state index in [1.807, 2.05) is 41.3 Å². The zero-order valence-electron chi connectivity index (χ0n) is 17.4. The van der Waals surface area contributed by atoms with E-state index in [0.717, 1.165) is 24.8 Å². The van der Waals surface area contributed by atoms with Gasteiger partial charge in [0.05, 0.1) is 29.0 Å². The lowest BCUT2D eigenvalue weighted by atomic mass is 10.2. The summed E-state index contributed by atoms with van der Waals surface area (Å²) in [5.41, 5.74) is 2.41. The second-order valence-electron chi connectivity index (χ2n) is 6.61. The summed E-state index contributed by atoms with van der Waals surface area (Å²) in [7, 11) is 0. The number of aromatic nitrogens is 1. The van der Waals surface area contributed by atoms with Gasteiger partial charge in [-0.25, -0.2) is 4.98 Å². The maximum absolute atomic E-state index is 11.0. The van der Waals surface area contributed by atoms with Crippen LogP contribution in [0.25, 0.3) is 10.2 Å². The first kappa shape index (κ1) is 24.3. The molecule has 0 aliphatic heterocycles. The van der Waals surface area contributed by atoms with E-state index in [9.17, 15) is 9.59 Å². The Bertz CT molecular complexity index is 1110. The number of thiazole rings is 1. The van der Waals surface area contributed by atoms with E-state index in [2.05, 4.69) is 47.1 Å². The van der Waals surface area contributed by atoms with Gasteiger partial charge in [-0.3, -0.25) is 9.59 Å². The molecule has 2 aromatic carbocycles. The SMILES string of the molecule is CC(=O)OCCN(CCOC(C)=O)c1ccc(N=Nc2nc3c(Br)cc(Br)cc3s2)cc1. The highest BCUT2D eigenvalue weighted by atomic mass is 79.9. The van der Waals surface area contributed by atoms with Crippen molar-refractivity contribution in [3.05, 3.63) is 45.3 Å². The van der Waals surface area contributed by atoms with Crippen LogP contribution in [0.4, 0.5) is 16.5 Å². The van der Waals surface area contributed by atoms with Gasteiger partial charge in [-0.15, -0.1) is 10.2 Å². The highest BCUT2D eigenvalue weighted by Crippen LogP contribution is 2.35. The van der Waals surface area contributed by atoms with Gasteiger partial charge < -0.3 is 14.4 Å². The Balaban J connectivity index is 1.69. The number of fused-ring (bicyclic) bond motifs is 1. The summed E-state index contributed by atoms with van der Waals surface area (Å²) in [4.78, 5) is 28.6. The number of azo groups is 1. The van der Waals surface area contributed by atoms with Gasteiger partial charge in [-0.2, -0.15) is 0 Å². The lowest BCUT2D eigenvalue weighted by molar-refractivity contribution is -0.141. The molecule has 0 aliphatic carbocycles. The van der Waals surface area contributed by atoms with E-state index < -0.39 is 0 Å². The number of hydrogen-bond donors (Lipinski definition) is 0. The summed E-state index contributed by atoms with van der Waals surface area (Å²) in [6.07, 6.45) is 0. The molecule has 32 heavy (non-hydrogen) atoms. The number of ether oxygens (including phenoxy) is 2. The Morgan fingerprint density at radius 3 is 2.22 bits per heavy atom. The standard InChI is InChI=1S/C21H20Br2N4O4S/c1-13(28)30-9-7-27(8-10-31-14(2)29)17-5-3-16(4-6-17)25-26-21-24-20-18(23)11-15(22)12-19(20)32-21/h3-6,11-12H,7-10H2,1-2H3. The molecule has 8 nitrogen and oxygen atoms in total. The summed E-state index contributed by atoms with van der Waals surface area (Å²) in [6, 6.07) is 11.4. The van der Waals surface area contributed by atoms with Crippen molar-refractivity contribution in [2.45, 2.75) is 13.8 Å². The third kappa shape index (κ3) is 7.07. The second kappa shape index (κ2) is 11.5. The van der Waals surface area contributed by atoms with Gasteiger partial charge in [-0.1, -0.05) is 27.3 Å². The van der Waals surface area contributed by atoms with Crippen molar-refractivity contribution in [2.24, 2.45) is 10.2 Å². The minimum Gasteiger partial charge on any atom is -0.464 e. The predicted molar refractivity (Wildman–Crippen MR) is 131 cm³/mol. The molecule has 0 radical (unpaired) electrons. The molecule has 0 bridgehead atoms. The molecule has 0 saturated heterocycles. The van der Waals surface area contributed by atoms with Crippen molar-refractivity contribution >= 4 is 81.9 Å². The summed E-state index contributed by atoms with van der Waals surface area (Å²) >= 11 is 8.44. The molecule has 0 unspecified atom stereocenters. The summed E-state index contributed by atoms with van der Waals surface area (Å²) in [5, 5.41) is 9.11. The van der Waals surface area contributed by atoms with Crippen LogP contribution in [0.5, 0.6) is 0 Å². The van der Waals surface area contributed by atoms with E-state index in [4.69, 9.17) is 9.47 Å². The first-order valence-electron chi connectivity index (χ1n) is 9.61. The number of halogens is 2. The molecule has 1 heterocycles. The molecule has 11 heteroatoms. The number of rotatable bonds is 9. The monoisotopic (exact) mass is 582 g/mol. The number of carbonyl (C=O) groups is 2. The van der Waals surface area contributed by atoms with Crippen molar-refractivity contribution in [3.63, 3.8) is 0 Å². The van der Waals surface area contributed by atoms with Crippen molar-refractivity contribution < 1.29 is 19.1 Å². The lowest BCUT2D eigenvalue weighted by Gasteiger charge is -2.24. The smallest absolute Gasteiger partial charge is 0.302 e. The molecular weight excluding hydrogens is 564 g/mol. The van der Waals surface area contributed by atoms with Gasteiger partial charge in [0.15, 0.2) is 0 Å². The molecule has 0 spiro atoms. The molecule has 1 aromatic heterocycles. The van der Waals surface area contributed by atoms with Crippen LogP contribution in [0.1, 0.15) is 13.8 Å². The third-order valence-corrected chi connectivity index (χ3v) is 6.15. The lowest BCUT2D eigenvalue weighted by Crippen LogP contribution is -2.31.